The molecule has 78 valence electrons. The normalized spacial score (nSPS) is 13.2. The molecule has 0 fully saturated rings. The molecule has 0 spiro atoms. The zero-order chi connectivity index (χ0) is 10.6. The van der Waals surface area contributed by atoms with Crippen LogP contribution >= 0.6 is 0 Å². The molecular weight excluding hydrogens is 174 g/mol. The van der Waals surface area contributed by atoms with Crippen molar-refractivity contribution < 1.29 is 0 Å². The number of hydrogen-bond donors (Lipinski definition) is 1. The van der Waals surface area contributed by atoms with Crippen LogP contribution in [0.5, 0.6) is 0 Å². The zero-order valence-corrected chi connectivity index (χ0v) is 9.41. The molecule has 0 saturated heterocycles. The van der Waals surface area contributed by atoms with E-state index in [-0.39, 0.29) is 0 Å². The summed E-state index contributed by atoms with van der Waals surface area (Å²) in [5, 5.41) is 3.42. The third kappa shape index (κ3) is 3.42. The molecule has 3 nitrogen and oxygen atoms in total. The predicted molar refractivity (Wildman–Crippen MR) is 57.9 cm³/mol. The van der Waals surface area contributed by atoms with Crippen LogP contribution in [-0.2, 0) is 6.54 Å². The van der Waals surface area contributed by atoms with E-state index in [9.17, 15) is 0 Å². The van der Waals surface area contributed by atoms with Gasteiger partial charge in [-0.15, -0.1) is 0 Å². The molecule has 1 aromatic heterocycles. The van der Waals surface area contributed by atoms with Gasteiger partial charge in [-0.2, -0.15) is 0 Å². The van der Waals surface area contributed by atoms with E-state index in [0.29, 0.717) is 12.0 Å². The Kier molecular flexibility index (Phi) is 4.01. The average Bonchev–Trinajstić information content (AvgIpc) is 2.16. The molecular formula is C11H19N3. The fourth-order valence-electron chi connectivity index (χ4n) is 1.01. The summed E-state index contributed by atoms with van der Waals surface area (Å²) in [6, 6.07) is 0.512. The van der Waals surface area contributed by atoms with Gasteiger partial charge in [0.05, 0.1) is 11.4 Å². The molecule has 0 aliphatic carbocycles. The van der Waals surface area contributed by atoms with Crippen molar-refractivity contribution in [3.8, 4) is 0 Å². The van der Waals surface area contributed by atoms with Gasteiger partial charge < -0.3 is 5.32 Å². The maximum absolute atomic E-state index is 4.28. The SMILES string of the molecule is Cc1cnc(CNC(C)C(C)C)cn1. The van der Waals surface area contributed by atoms with Gasteiger partial charge in [0.15, 0.2) is 0 Å². The quantitative estimate of drug-likeness (QED) is 0.794. The number of aryl methyl sites for hydroxylation is 1. The van der Waals surface area contributed by atoms with Crippen molar-refractivity contribution in [2.24, 2.45) is 5.92 Å². The number of rotatable bonds is 4. The number of hydrogen-bond acceptors (Lipinski definition) is 3. The Morgan fingerprint density at radius 2 is 1.93 bits per heavy atom. The summed E-state index contributed by atoms with van der Waals surface area (Å²) in [6.07, 6.45) is 3.63. The maximum Gasteiger partial charge on any atom is 0.0724 e. The molecule has 1 atom stereocenters. The Balaban J connectivity index is 2.42. The lowest BCUT2D eigenvalue weighted by Crippen LogP contribution is -2.30. The molecule has 1 aromatic rings. The predicted octanol–water partition coefficient (Wildman–Crippen LogP) is 1.92. The van der Waals surface area contributed by atoms with Gasteiger partial charge >= 0.3 is 0 Å². The van der Waals surface area contributed by atoms with E-state index in [1.807, 2.05) is 13.1 Å². The zero-order valence-electron chi connectivity index (χ0n) is 9.41. The molecule has 3 heteroatoms. The number of aromatic nitrogens is 2. The first-order chi connectivity index (χ1) is 6.59. The first-order valence-corrected chi connectivity index (χ1v) is 5.10. The van der Waals surface area contributed by atoms with E-state index in [1.54, 1.807) is 6.20 Å². The van der Waals surface area contributed by atoms with Crippen LogP contribution in [0.25, 0.3) is 0 Å². The minimum absolute atomic E-state index is 0.512. The van der Waals surface area contributed by atoms with Crippen molar-refractivity contribution in [2.75, 3.05) is 0 Å². The van der Waals surface area contributed by atoms with Gasteiger partial charge in [0, 0.05) is 25.0 Å². The summed E-state index contributed by atoms with van der Waals surface area (Å²) in [5.41, 5.74) is 1.97. The maximum atomic E-state index is 4.28. The highest BCUT2D eigenvalue weighted by Crippen LogP contribution is 2.01. The molecule has 1 unspecified atom stereocenters. The summed E-state index contributed by atoms with van der Waals surface area (Å²) in [6.45, 7) is 9.34. The Hall–Kier alpha value is -0.960. The largest absolute Gasteiger partial charge is 0.308 e. The van der Waals surface area contributed by atoms with Gasteiger partial charge in [-0.1, -0.05) is 13.8 Å². The minimum Gasteiger partial charge on any atom is -0.308 e. The highest BCUT2D eigenvalue weighted by atomic mass is 14.9. The molecule has 0 aliphatic rings. The second-order valence-corrected chi connectivity index (χ2v) is 4.06. The standard InChI is InChI=1S/C11H19N3/c1-8(2)10(4)13-7-11-6-12-9(3)5-14-11/h5-6,8,10,13H,7H2,1-4H3. The van der Waals surface area contributed by atoms with Crippen LogP contribution in [0.2, 0.25) is 0 Å². The summed E-state index contributed by atoms with van der Waals surface area (Å²) >= 11 is 0. The number of nitrogens with zero attached hydrogens (tertiary/aromatic N) is 2. The van der Waals surface area contributed by atoms with Gasteiger partial charge in [0.25, 0.3) is 0 Å². The van der Waals surface area contributed by atoms with Gasteiger partial charge in [0.1, 0.15) is 0 Å². The third-order valence-corrected chi connectivity index (χ3v) is 2.44. The van der Waals surface area contributed by atoms with E-state index >= 15 is 0 Å². The van der Waals surface area contributed by atoms with E-state index < -0.39 is 0 Å². The van der Waals surface area contributed by atoms with Crippen molar-refractivity contribution in [1.82, 2.24) is 15.3 Å². The lowest BCUT2D eigenvalue weighted by atomic mass is 10.1. The van der Waals surface area contributed by atoms with Crippen LogP contribution in [0.1, 0.15) is 32.2 Å². The van der Waals surface area contributed by atoms with Gasteiger partial charge in [-0.3, -0.25) is 9.97 Å². The van der Waals surface area contributed by atoms with Crippen molar-refractivity contribution in [3.05, 3.63) is 23.8 Å². The fourth-order valence-corrected chi connectivity index (χ4v) is 1.01. The Morgan fingerprint density at radius 1 is 1.21 bits per heavy atom. The third-order valence-electron chi connectivity index (χ3n) is 2.44. The topological polar surface area (TPSA) is 37.8 Å². The van der Waals surface area contributed by atoms with Gasteiger partial charge in [0.2, 0.25) is 0 Å². The average molecular weight is 193 g/mol. The molecule has 1 heterocycles. The second-order valence-electron chi connectivity index (χ2n) is 4.06. The highest BCUT2D eigenvalue weighted by Gasteiger charge is 2.05. The van der Waals surface area contributed by atoms with Crippen LogP contribution in [0, 0.1) is 12.8 Å². The van der Waals surface area contributed by atoms with E-state index in [2.05, 4.69) is 36.1 Å². The molecule has 0 radical (unpaired) electrons. The molecule has 0 amide bonds. The molecule has 0 bridgehead atoms. The van der Waals surface area contributed by atoms with Gasteiger partial charge in [-0.05, 0) is 19.8 Å². The molecule has 0 saturated carbocycles. The lowest BCUT2D eigenvalue weighted by molar-refractivity contribution is 0.423. The highest BCUT2D eigenvalue weighted by molar-refractivity contribution is 5.00. The second kappa shape index (κ2) is 5.05. The Labute approximate surface area is 86.0 Å². The first-order valence-electron chi connectivity index (χ1n) is 5.10. The molecule has 0 aromatic carbocycles. The van der Waals surface area contributed by atoms with Crippen molar-refractivity contribution in [1.29, 1.82) is 0 Å². The summed E-state index contributed by atoms with van der Waals surface area (Å²) in [7, 11) is 0. The Bertz CT molecular complexity index is 266. The lowest BCUT2D eigenvalue weighted by Gasteiger charge is -2.16. The summed E-state index contributed by atoms with van der Waals surface area (Å²) < 4.78 is 0. The molecule has 14 heavy (non-hydrogen) atoms. The smallest absolute Gasteiger partial charge is 0.0724 e. The first kappa shape index (κ1) is 11.1. The van der Waals surface area contributed by atoms with Crippen molar-refractivity contribution in [2.45, 2.75) is 40.3 Å². The van der Waals surface area contributed by atoms with E-state index in [1.165, 1.54) is 0 Å². The van der Waals surface area contributed by atoms with Crippen LogP contribution in [-0.4, -0.2) is 16.0 Å². The van der Waals surface area contributed by atoms with E-state index in [4.69, 9.17) is 0 Å². The summed E-state index contributed by atoms with van der Waals surface area (Å²) in [4.78, 5) is 8.48. The Morgan fingerprint density at radius 3 is 2.43 bits per heavy atom. The molecule has 1 N–H and O–H groups in total. The molecule has 0 aliphatic heterocycles. The van der Waals surface area contributed by atoms with Crippen LogP contribution in [0.4, 0.5) is 0 Å². The van der Waals surface area contributed by atoms with Crippen molar-refractivity contribution >= 4 is 0 Å². The summed E-state index contributed by atoms with van der Waals surface area (Å²) in [5.74, 6) is 0.647. The minimum atomic E-state index is 0.512. The van der Waals surface area contributed by atoms with Crippen molar-refractivity contribution in [3.63, 3.8) is 0 Å². The van der Waals surface area contributed by atoms with Crippen LogP contribution in [0.15, 0.2) is 12.4 Å². The van der Waals surface area contributed by atoms with E-state index in [0.717, 1.165) is 17.9 Å². The van der Waals surface area contributed by atoms with Gasteiger partial charge in [-0.25, -0.2) is 0 Å². The molecule has 1 rings (SSSR count). The monoisotopic (exact) mass is 193 g/mol. The van der Waals surface area contributed by atoms with Crippen LogP contribution < -0.4 is 5.32 Å². The van der Waals surface area contributed by atoms with Crippen LogP contribution in [0.3, 0.4) is 0 Å². The fraction of sp³-hybridized carbons (Fsp3) is 0.636. The number of nitrogens with one attached hydrogen (secondary N) is 1.